The van der Waals surface area contributed by atoms with Gasteiger partial charge in [-0.15, -0.1) is 0 Å². The van der Waals surface area contributed by atoms with Crippen LogP contribution in [0.3, 0.4) is 0 Å². The zero-order valence-corrected chi connectivity index (χ0v) is 15.5. The fourth-order valence-electron chi connectivity index (χ4n) is 4.17. The van der Waals surface area contributed by atoms with E-state index in [2.05, 4.69) is 35.7 Å². The highest BCUT2D eigenvalue weighted by Crippen LogP contribution is 2.21. The third-order valence-electron chi connectivity index (χ3n) is 5.72. The number of nitrogens with one attached hydrogen (secondary N) is 1. The fraction of sp³-hybridized carbons (Fsp3) is 0.619. The van der Waals surface area contributed by atoms with Crippen molar-refractivity contribution in [3.8, 4) is 6.07 Å². The van der Waals surface area contributed by atoms with Crippen molar-refractivity contribution in [1.29, 1.82) is 5.26 Å². The summed E-state index contributed by atoms with van der Waals surface area (Å²) in [5.74, 6) is -0.0529. The van der Waals surface area contributed by atoms with E-state index in [-0.39, 0.29) is 11.9 Å². The van der Waals surface area contributed by atoms with E-state index in [1.54, 1.807) is 4.90 Å². The molecule has 3 atom stereocenters. The van der Waals surface area contributed by atoms with Gasteiger partial charge in [0.05, 0.1) is 12.1 Å². The van der Waals surface area contributed by atoms with Crippen molar-refractivity contribution >= 4 is 5.91 Å². The molecule has 1 aromatic rings. The zero-order valence-electron chi connectivity index (χ0n) is 15.5. The Balaban J connectivity index is 1.38. The van der Waals surface area contributed by atoms with Gasteiger partial charge in [0.2, 0.25) is 5.91 Å². The normalized spacial score (nSPS) is 23.8. The number of likely N-dealkylation sites (tertiary alicyclic amines) is 1. The van der Waals surface area contributed by atoms with Crippen molar-refractivity contribution in [3.05, 3.63) is 35.4 Å². The molecule has 1 aliphatic heterocycles. The fourth-order valence-corrected chi connectivity index (χ4v) is 4.17. The lowest BCUT2D eigenvalue weighted by Gasteiger charge is -2.33. The van der Waals surface area contributed by atoms with Gasteiger partial charge in [0.1, 0.15) is 6.04 Å². The molecule has 1 fully saturated rings. The molecule has 3 unspecified atom stereocenters. The minimum Gasteiger partial charge on any atom is -0.325 e. The molecule has 26 heavy (non-hydrogen) atoms. The SMILES string of the molecule is N#CC1CCCCN1C(=O)C(N)CCCNC1CCc2ccccc2C1. The molecule has 5 nitrogen and oxygen atoms in total. The van der Waals surface area contributed by atoms with Crippen molar-refractivity contribution in [3.63, 3.8) is 0 Å². The predicted octanol–water partition coefficient (Wildman–Crippen LogP) is 2.15. The first-order valence-electron chi connectivity index (χ1n) is 9.95. The van der Waals surface area contributed by atoms with E-state index in [9.17, 15) is 10.1 Å². The number of nitrogens with zero attached hydrogens (tertiary/aromatic N) is 2. The van der Waals surface area contributed by atoms with E-state index in [1.807, 2.05) is 0 Å². The van der Waals surface area contributed by atoms with E-state index >= 15 is 0 Å². The van der Waals surface area contributed by atoms with Crippen molar-refractivity contribution in [2.75, 3.05) is 13.1 Å². The van der Waals surface area contributed by atoms with Crippen LogP contribution in [-0.2, 0) is 17.6 Å². The van der Waals surface area contributed by atoms with Crippen molar-refractivity contribution < 1.29 is 4.79 Å². The quantitative estimate of drug-likeness (QED) is 0.767. The maximum absolute atomic E-state index is 12.5. The Hall–Kier alpha value is -1.90. The molecule has 0 saturated carbocycles. The van der Waals surface area contributed by atoms with Gasteiger partial charge in [0.15, 0.2) is 0 Å². The Bertz CT molecular complexity index is 654. The van der Waals surface area contributed by atoms with Gasteiger partial charge in [-0.1, -0.05) is 24.3 Å². The number of carbonyl (C=O) groups excluding carboxylic acids is 1. The number of fused-ring (bicyclic) bond motifs is 1. The second kappa shape index (κ2) is 9.16. The summed E-state index contributed by atoms with van der Waals surface area (Å²) in [4.78, 5) is 14.2. The number of nitriles is 1. The summed E-state index contributed by atoms with van der Waals surface area (Å²) in [5.41, 5.74) is 9.05. The summed E-state index contributed by atoms with van der Waals surface area (Å²) < 4.78 is 0. The molecule has 1 aliphatic carbocycles. The molecule has 3 N–H and O–H groups in total. The number of hydrogen-bond donors (Lipinski definition) is 2. The van der Waals surface area contributed by atoms with E-state index in [4.69, 9.17) is 5.73 Å². The van der Waals surface area contributed by atoms with Crippen LogP contribution in [-0.4, -0.2) is 42.0 Å². The molecule has 0 bridgehead atoms. The number of carbonyl (C=O) groups is 1. The van der Waals surface area contributed by atoms with Crippen LogP contribution < -0.4 is 11.1 Å². The second-order valence-electron chi connectivity index (χ2n) is 7.58. The molecule has 1 heterocycles. The number of benzene rings is 1. The number of rotatable bonds is 6. The van der Waals surface area contributed by atoms with E-state index in [0.29, 0.717) is 19.0 Å². The van der Waals surface area contributed by atoms with Crippen LogP contribution in [0.25, 0.3) is 0 Å². The van der Waals surface area contributed by atoms with Gasteiger partial charge in [-0.2, -0.15) is 5.26 Å². The minimum absolute atomic E-state index is 0.0529. The van der Waals surface area contributed by atoms with Gasteiger partial charge < -0.3 is 16.0 Å². The Morgan fingerprint density at radius 3 is 2.92 bits per heavy atom. The first kappa shape index (κ1) is 18.9. The van der Waals surface area contributed by atoms with Gasteiger partial charge in [0, 0.05) is 12.6 Å². The predicted molar refractivity (Wildman–Crippen MR) is 102 cm³/mol. The molecule has 2 aliphatic rings. The Kier molecular flexibility index (Phi) is 6.65. The number of hydrogen-bond acceptors (Lipinski definition) is 4. The molecule has 140 valence electrons. The second-order valence-corrected chi connectivity index (χ2v) is 7.58. The Morgan fingerprint density at radius 2 is 2.12 bits per heavy atom. The molecule has 1 amide bonds. The van der Waals surface area contributed by atoms with Crippen LogP contribution in [0.2, 0.25) is 0 Å². The Labute approximate surface area is 156 Å². The lowest BCUT2D eigenvalue weighted by Crippen LogP contribution is -2.50. The van der Waals surface area contributed by atoms with Crippen LogP contribution in [0.5, 0.6) is 0 Å². The highest BCUT2D eigenvalue weighted by atomic mass is 16.2. The maximum atomic E-state index is 12.5. The molecule has 3 rings (SSSR count). The minimum atomic E-state index is -0.488. The van der Waals surface area contributed by atoms with Crippen LogP contribution >= 0.6 is 0 Å². The standard InChI is InChI=1S/C21H30N4O/c22-15-19-8-3-4-13-25(19)21(26)20(23)9-5-12-24-18-11-10-16-6-1-2-7-17(16)14-18/h1-2,6-7,18-20,24H,3-5,8-14,23H2. The molecular weight excluding hydrogens is 324 g/mol. The summed E-state index contributed by atoms with van der Waals surface area (Å²) in [6, 6.07) is 10.7. The van der Waals surface area contributed by atoms with E-state index in [0.717, 1.165) is 45.1 Å². The van der Waals surface area contributed by atoms with Gasteiger partial charge in [0.25, 0.3) is 0 Å². The van der Waals surface area contributed by atoms with Crippen LogP contribution in [0.1, 0.15) is 49.7 Å². The topological polar surface area (TPSA) is 82.2 Å². The summed E-state index contributed by atoms with van der Waals surface area (Å²) >= 11 is 0. The van der Waals surface area contributed by atoms with Crippen molar-refractivity contribution in [1.82, 2.24) is 10.2 Å². The molecular formula is C21H30N4O. The average Bonchev–Trinajstić information content (AvgIpc) is 2.70. The lowest BCUT2D eigenvalue weighted by molar-refractivity contribution is -0.135. The molecule has 5 heteroatoms. The molecule has 0 radical (unpaired) electrons. The first-order valence-corrected chi connectivity index (χ1v) is 9.95. The summed E-state index contributed by atoms with van der Waals surface area (Å²) in [6.07, 6.45) is 7.71. The van der Waals surface area contributed by atoms with Gasteiger partial charge >= 0.3 is 0 Å². The third kappa shape index (κ3) is 4.63. The number of nitrogens with two attached hydrogens (primary N) is 1. The monoisotopic (exact) mass is 354 g/mol. The lowest BCUT2D eigenvalue weighted by atomic mass is 9.88. The highest BCUT2D eigenvalue weighted by molar-refractivity contribution is 5.82. The van der Waals surface area contributed by atoms with Crippen LogP contribution in [0.4, 0.5) is 0 Å². The molecule has 1 saturated heterocycles. The summed E-state index contributed by atoms with van der Waals surface area (Å²) in [5, 5.41) is 12.8. The third-order valence-corrected chi connectivity index (χ3v) is 5.72. The average molecular weight is 354 g/mol. The first-order chi connectivity index (χ1) is 12.7. The molecule has 0 aromatic heterocycles. The number of aryl methyl sites for hydroxylation is 1. The Morgan fingerprint density at radius 1 is 1.31 bits per heavy atom. The zero-order chi connectivity index (χ0) is 18.4. The summed E-state index contributed by atoms with van der Waals surface area (Å²) in [7, 11) is 0. The number of amides is 1. The van der Waals surface area contributed by atoms with E-state index < -0.39 is 6.04 Å². The van der Waals surface area contributed by atoms with Crippen molar-refractivity contribution in [2.24, 2.45) is 5.73 Å². The maximum Gasteiger partial charge on any atom is 0.240 e. The number of piperidine rings is 1. The van der Waals surface area contributed by atoms with Crippen molar-refractivity contribution in [2.45, 2.75) is 69.5 Å². The van der Waals surface area contributed by atoms with Gasteiger partial charge in [-0.05, 0) is 69.0 Å². The van der Waals surface area contributed by atoms with Crippen LogP contribution in [0, 0.1) is 11.3 Å². The van der Waals surface area contributed by atoms with Crippen LogP contribution in [0.15, 0.2) is 24.3 Å². The smallest absolute Gasteiger partial charge is 0.240 e. The van der Waals surface area contributed by atoms with Gasteiger partial charge in [-0.3, -0.25) is 4.79 Å². The largest absolute Gasteiger partial charge is 0.325 e. The molecule has 0 spiro atoms. The van der Waals surface area contributed by atoms with Gasteiger partial charge in [-0.25, -0.2) is 0 Å². The van der Waals surface area contributed by atoms with E-state index in [1.165, 1.54) is 17.5 Å². The molecule has 1 aromatic carbocycles. The summed E-state index contributed by atoms with van der Waals surface area (Å²) in [6.45, 7) is 1.56. The highest BCUT2D eigenvalue weighted by Gasteiger charge is 2.29.